The van der Waals surface area contributed by atoms with Gasteiger partial charge in [-0.15, -0.1) is 0 Å². The summed E-state index contributed by atoms with van der Waals surface area (Å²) in [4.78, 5) is 0. The van der Waals surface area contributed by atoms with Gasteiger partial charge in [0, 0.05) is 0 Å². The molecule has 0 aliphatic carbocycles. The summed E-state index contributed by atoms with van der Waals surface area (Å²) in [5.74, 6) is 1.05. The predicted octanol–water partition coefficient (Wildman–Crippen LogP) is 3.48. The fourth-order valence-electron chi connectivity index (χ4n) is 0.996. The van der Waals surface area contributed by atoms with Crippen molar-refractivity contribution in [2.45, 2.75) is 44.9 Å². The van der Waals surface area contributed by atoms with Crippen LogP contribution in [0, 0.1) is 6.92 Å². The maximum Gasteiger partial charge on any atom is -0.00979 e. The third-order valence-electron chi connectivity index (χ3n) is 1.66. The third kappa shape index (κ3) is 8.35. The Bertz CT molecular complexity index is 44.7. The highest BCUT2D eigenvalue weighted by atomic mass is 32.1. The normalized spacial score (nSPS) is 10.2. The van der Waals surface area contributed by atoms with Crippen LogP contribution in [-0.4, -0.2) is 5.75 Å². The van der Waals surface area contributed by atoms with Gasteiger partial charge < -0.3 is 0 Å². The summed E-state index contributed by atoms with van der Waals surface area (Å²) < 4.78 is 0. The molecule has 0 aliphatic rings. The molecule has 0 unspecified atom stereocenters. The molecule has 0 fully saturated rings. The van der Waals surface area contributed by atoms with Crippen LogP contribution in [0.1, 0.15) is 44.9 Å². The first kappa shape index (κ1) is 10.3. The van der Waals surface area contributed by atoms with E-state index in [0.29, 0.717) is 0 Å². The van der Waals surface area contributed by atoms with Gasteiger partial charge in [0.2, 0.25) is 0 Å². The second kappa shape index (κ2) is 9.35. The molecule has 0 aliphatic heterocycles. The fourth-order valence-corrected chi connectivity index (χ4v) is 1.22. The lowest BCUT2D eigenvalue weighted by molar-refractivity contribution is 0.613. The summed E-state index contributed by atoms with van der Waals surface area (Å²) in [6.07, 6.45) is 9.21. The Labute approximate surface area is 70.8 Å². The van der Waals surface area contributed by atoms with E-state index in [1.54, 1.807) is 0 Å². The molecule has 1 radical (unpaired) electrons. The minimum Gasteiger partial charge on any atom is -0.179 e. The average molecular weight is 159 g/mol. The lowest BCUT2D eigenvalue weighted by atomic mass is 10.1. The van der Waals surface area contributed by atoms with E-state index in [4.69, 9.17) is 0 Å². The number of unbranched alkanes of at least 4 members (excludes halogenated alkanes) is 6. The molecule has 0 saturated heterocycles. The molecule has 0 amide bonds. The molecule has 0 spiro atoms. The van der Waals surface area contributed by atoms with Gasteiger partial charge in [-0.3, -0.25) is 0 Å². The van der Waals surface area contributed by atoms with Crippen LogP contribution in [0.15, 0.2) is 0 Å². The fraction of sp³-hybridized carbons (Fsp3) is 0.889. The van der Waals surface area contributed by atoms with Crippen molar-refractivity contribution < 1.29 is 0 Å². The Morgan fingerprint density at radius 2 is 1.30 bits per heavy atom. The molecule has 0 aromatic heterocycles. The zero-order chi connectivity index (χ0) is 7.66. The Morgan fingerprint density at radius 1 is 0.800 bits per heavy atom. The first-order chi connectivity index (χ1) is 4.91. The van der Waals surface area contributed by atoms with Gasteiger partial charge in [-0.1, -0.05) is 45.4 Å². The highest BCUT2D eigenvalue weighted by molar-refractivity contribution is 7.80. The van der Waals surface area contributed by atoms with E-state index in [2.05, 4.69) is 19.6 Å². The molecule has 0 aromatic rings. The van der Waals surface area contributed by atoms with Crippen molar-refractivity contribution in [3.05, 3.63) is 6.92 Å². The monoisotopic (exact) mass is 159 g/mol. The van der Waals surface area contributed by atoms with Crippen molar-refractivity contribution in [2.75, 3.05) is 5.75 Å². The molecule has 0 saturated carbocycles. The van der Waals surface area contributed by atoms with Crippen LogP contribution in [-0.2, 0) is 0 Å². The molecule has 0 aromatic carbocycles. The molecule has 0 heterocycles. The van der Waals surface area contributed by atoms with Gasteiger partial charge in [0.1, 0.15) is 0 Å². The van der Waals surface area contributed by atoms with Gasteiger partial charge in [0.25, 0.3) is 0 Å². The van der Waals surface area contributed by atoms with Crippen molar-refractivity contribution >= 4 is 12.6 Å². The molecule has 0 nitrogen and oxygen atoms in total. The van der Waals surface area contributed by atoms with E-state index >= 15 is 0 Å². The van der Waals surface area contributed by atoms with Crippen LogP contribution in [0.3, 0.4) is 0 Å². The van der Waals surface area contributed by atoms with Crippen LogP contribution in [0.2, 0.25) is 0 Å². The Hall–Kier alpha value is 0.350. The smallest absolute Gasteiger partial charge is 0.00979 e. The van der Waals surface area contributed by atoms with E-state index in [9.17, 15) is 0 Å². The number of thiol groups is 1. The highest BCUT2D eigenvalue weighted by Crippen LogP contribution is 2.06. The standard InChI is InChI=1S/C9H19S/c1-2-3-4-5-6-7-8-9-10/h10H,1-9H2. The summed E-state index contributed by atoms with van der Waals surface area (Å²) >= 11 is 4.15. The van der Waals surface area contributed by atoms with Crippen LogP contribution >= 0.6 is 12.6 Å². The second-order valence-electron chi connectivity index (χ2n) is 2.70. The van der Waals surface area contributed by atoms with E-state index in [1.165, 1.54) is 38.5 Å². The molecule has 10 heavy (non-hydrogen) atoms. The molecule has 0 atom stereocenters. The van der Waals surface area contributed by atoms with Crippen LogP contribution in [0.5, 0.6) is 0 Å². The Balaban J connectivity index is 2.65. The maximum atomic E-state index is 4.15. The zero-order valence-corrected chi connectivity index (χ0v) is 7.71. The SMILES string of the molecule is [CH2]CCCCCCCCS. The Morgan fingerprint density at radius 3 is 1.80 bits per heavy atom. The van der Waals surface area contributed by atoms with E-state index in [-0.39, 0.29) is 0 Å². The summed E-state index contributed by atoms with van der Waals surface area (Å²) in [6, 6.07) is 0. The van der Waals surface area contributed by atoms with E-state index < -0.39 is 0 Å². The molecular formula is C9H19S. The lowest BCUT2D eigenvalue weighted by Gasteiger charge is -1.97. The van der Waals surface area contributed by atoms with Crippen LogP contribution in [0.25, 0.3) is 0 Å². The van der Waals surface area contributed by atoms with Gasteiger partial charge >= 0.3 is 0 Å². The van der Waals surface area contributed by atoms with Crippen molar-refractivity contribution in [1.82, 2.24) is 0 Å². The number of rotatable bonds is 7. The molecular weight excluding hydrogens is 140 g/mol. The Kier molecular flexibility index (Phi) is 9.68. The third-order valence-corrected chi connectivity index (χ3v) is 1.97. The molecule has 0 rings (SSSR count). The zero-order valence-electron chi connectivity index (χ0n) is 6.81. The van der Waals surface area contributed by atoms with Gasteiger partial charge in [0.05, 0.1) is 0 Å². The largest absolute Gasteiger partial charge is 0.179 e. The molecule has 0 N–H and O–H groups in total. The molecule has 1 heteroatoms. The highest BCUT2D eigenvalue weighted by Gasteiger charge is 1.87. The topological polar surface area (TPSA) is 0 Å². The van der Waals surface area contributed by atoms with Gasteiger partial charge in [-0.25, -0.2) is 0 Å². The van der Waals surface area contributed by atoms with E-state index in [0.717, 1.165) is 12.2 Å². The van der Waals surface area contributed by atoms with Crippen LogP contribution < -0.4 is 0 Å². The number of hydrogen-bond acceptors (Lipinski definition) is 1. The predicted molar refractivity (Wildman–Crippen MR) is 51.5 cm³/mol. The maximum absolute atomic E-state index is 4.15. The van der Waals surface area contributed by atoms with Crippen molar-refractivity contribution in [2.24, 2.45) is 0 Å². The molecule has 0 bridgehead atoms. The van der Waals surface area contributed by atoms with Gasteiger partial charge in [-0.2, -0.15) is 12.6 Å². The average Bonchev–Trinajstić information content (AvgIpc) is 1.97. The van der Waals surface area contributed by atoms with Crippen molar-refractivity contribution in [3.63, 3.8) is 0 Å². The summed E-state index contributed by atoms with van der Waals surface area (Å²) in [5, 5.41) is 0. The summed E-state index contributed by atoms with van der Waals surface area (Å²) in [7, 11) is 0. The quantitative estimate of drug-likeness (QED) is 0.427. The van der Waals surface area contributed by atoms with Crippen LogP contribution in [0.4, 0.5) is 0 Å². The van der Waals surface area contributed by atoms with Crippen molar-refractivity contribution in [3.8, 4) is 0 Å². The molecule has 61 valence electrons. The number of hydrogen-bond donors (Lipinski definition) is 1. The lowest BCUT2D eigenvalue weighted by Crippen LogP contribution is -1.79. The van der Waals surface area contributed by atoms with Crippen molar-refractivity contribution in [1.29, 1.82) is 0 Å². The summed E-state index contributed by atoms with van der Waals surface area (Å²) in [6.45, 7) is 3.81. The van der Waals surface area contributed by atoms with Gasteiger partial charge in [-0.05, 0) is 12.2 Å². The van der Waals surface area contributed by atoms with E-state index in [1.807, 2.05) is 0 Å². The minimum atomic E-state index is 1.05. The minimum absolute atomic E-state index is 1.05. The second-order valence-corrected chi connectivity index (χ2v) is 3.15. The van der Waals surface area contributed by atoms with Gasteiger partial charge in [0.15, 0.2) is 0 Å². The first-order valence-corrected chi connectivity index (χ1v) is 4.95. The first-order valence-electron chi connectivity index (χ1n) is 4.32. The summed E-state index contributed by atoms with van der Waals surface area (Å²) in [5.41, 5.74) is 0.